The van der Waals surface area contributed by atoms with Gasteiger partial charge in [0, 0.05) is 12.8 Å². The number of carbonyl (C=O) groups is 4. The van der Waals surface area contributed by atoms with Crippen LogP contribution >= 0.6 is 0 Å². The summed E-state index contributed by atoms with van der Waals surface area (Å²) in [4.78, 5) is 42.8. The molecule has 0 atom stereocenters. The number of amides is 2. The van der Waals surface area contributed by atoms with Crippen LogP contribution in [0, 0.1) is 0 Å². The summed E-state index contributed by atoms with van der Waals surface area (Å²) in [5.74, 6) is -2.85. The average molecular weight is 665 g/mol. The van der Waals surface area contributed by atoms with Crippen molar-refractivity contribution >= 4 is 61.5 Å². The zero-order chi connectivity index (χ0) is 32.9. The van der Waals surface area contributed by atoms with E-state index in [9.17, 15) is 29.4 Å². The molecule has 45 heavy (non-hydrogen) atoms. The SMILES string of the molecule is CCCCCCCCCCCCCCCC(=O)NCC(=O)[O-].CCCCCCCCCCCCCCCC(=O)NCC(=O)[O-].[Ca+2]. The van der Waals surface area contributed by atoms with E-state index in [0.717, 1.165) is 25.7 Å². The Kier molecular flexibility index (Phi) is 44.4. The molecule has 0 bridgehead atoms. The Labute approximate surface area is 306 Å². The Morgan fingerprint density at radius 3 is 0.778 bits per heavy atom. The maximum Gasteiger partial charge on any atom is 2.00 e. The molecule has 0 aliphatic heterocycles. The maximum absolute atomic E-state index is 11.2. The second-order valence-electron chi connectivity index (χ2n) is 12.3. The van der Waals surface area contributed by atoms with Gasteiger partial charge in [-0.3, -0.25) is 9.59 Å². The van der Waals surface area contributed by atoms with E-state index in [4.69, 9.17) is 0 Å². The number of hydrogen-bond acceptors (Lipinski definition) is 6. The van der Waals surface area contributed by atoms with E-state index in [0.29, 0.717) is 12.8 Å². The van der Waals surface area contributed by atoms with Gasteiger partial charge < -0.3 is 30.4 Å². The van der Waals surface area contributed by atoms with Crippen molar-refractivity contribution in [2.24, 2.45) is 0 Å². The van der Waals surface area contributed by atoms with Crippen LogP contribution in [0.4, 0.5) is 0 Å². The molecule has 8 nitrogen and oxygen atoms in total. The van der Waals surface area contributed by atoms with Crippen LogP contribution in [0.1, 0.15) is 194 Å². The van der Waals surface area contributed by atoms with E-state index in [1.54, 1.807) is 0 Å². The Hall–Kier alpha value is -0.860. The summed E-state index contributed by atoms with van der Waals surface area (Å²) in [6, 6.07) is 0. The summed E-state index contributed by atoms with van der Waals surface area (Å²) in [5.41, 5.74) is 0. The summed E-state index contributed by atoms with van der Waals surface area (Å²) in [6.07, 6.45) is 34.0. The Balaban J connectivity index is -0.000000767. The first-order valence-electron chi connectivity index (χ1n) is 18.3. The van der Waals surface area contributed by atoms with Gasteiger partial charge in [-0.2, -0.15) is 0 Å². The number of carbonyl (C=O) groups excluding carboxylic acids is 4. The van der Waals surface area contributed by atoms with Gasteiger partial charge in [-0.25, -0.2) is 0 Å². The van der Waals surface area contributed by atoms with Crippen LogP contribution < -0.4 is 20.8 Å². The molecule has 0 aliphatic rings. The molecule has 2 amide bonds. The smallest absolute Gasteiger partial charge is 0.548 e. The van der Waals surface area contributed by atoms with E-state index < -0.39 is 11.9 Å². The van der Waals surface area contributed by atoms with Crippen molar-refractivity contribution in [2.45, 2.75) is 194 Å². The molecule has 0 rings (SSSR count). The Morgan fingerprint density at radius 1 is 0.378 bits per heavy atom. The van der Waals surface area contributed by atoms with Crippen LogP contribution in [0.2, 0.25) is 0 Å². The summed E-state index contributed by atoms with van der Waals surface area (Å²) in [6.45, 7) is 3.74. The van der Waals surface area contributed by atoms with Gasteiger partial charge in [0.15, 0.2) is 0 Å². The van der Waals surface area contributed by atoms with E-state index in [1.165, 1.54) is 141 Å². The molecule has 0 unspecified atom stereocenters. The number of nitrogens with one attached hydrogen (secondary N) is 2. The van der Waals surface area contributed by atoms with Gasteiger partial charge in [0.2, 0.25) is 11.8 Å². The average Bonchev–Trinajstić information content (AvgIpc) is 3.00. The van der Waals surface area contributed by atoms with Crippen LogP contribution in [-0.2, 0) is 19.2 Å². The van der Waals surface area contributed by atoms with Gasteiger partial charge in [-0.05, 0) is 12.8 Å². The maximum atomic E-state index is 11.2. The van der Waals surface area contributed by atoms with Crippen molar-refractivity contribution < 1.29 is 29.4 Å². The fourth-order valence-corrected chi connectivity index (χ4v) is 5.12. The minimum atomic E-state index is -1.24. The van der Waals surface area contributed by atoms with Crippen LogP contribution in [0.15, 0.2) is 0 Å². The molecule has 0 aromatic rings. The van der Waals surface area contributed by atoms with Crippen LogP contribution in [-0.4, -0.2) is 74.6 Å². The molecule has 0 saturated heterocycles. The summed E-state index contributed by atoms with van der Waals surface area (Å²) in [5, 5.41) is 25.0. The molecule has 260 valence electrons. The zero-order valence-electron chi connectivity index (χ0n) is 29.4. The first-order chi connectivity index (χ1) is 21.3. The fourth-order valence-electron chi connectivity index (χ4n) is 5.12. The quantitative estimate of drug-likeness (QED) is 0.0641. The predicted molar refractivity (Wildman–Crippen MR) is 182 cm³/mol. The zero-order valence-corrected chi connectivity index (χ0v) is 31.6. The van der Waals surface area contributed by atoms with Crippen LogP contribution in [0.3, 0.4) is 0 Å². The molecule has 0 radical (unpaired) electrons. The number of carboxylic acids is 2. The third-order valence-corrected chi connectivity index (χ3v) is 7.87. The topological polar surface area (TPSA) is 138 Å². The second-order valence-corrected chi connectivity index (χ2v) is 12.3. The number of aliphatic carboxylic acids is 2. The van der Waals surface area contributed by atoms with Gasteiger partial charge in [0.05, 0.1) is 25.0 Å². The molecule has 0 aliphatic carbocycles. The van der Waals surface area contributed by atoms with Crippen molar-refractivity contribution in [1.82, 2.24) is 10.6 Å². The minimum absolute atomic E-state index is 0. The molecule has 0 aromatic carbocycles. The Bertz CT molecular complexity index is 622. The van der Waals surface area contributed by atoms with E-state index in [2.05, 4.69) is 24.5 Å². The first-order valence-corrected chi connectivity index (χ1v) is 18.3. The molecule has 0 heterocycles. The van der Waals surface area contributed by atoms with E-state index >= 15 is 0 Å². The molecule has 0 spiro atoms. The standard InChI is InChI=1S/2C18H35NO3.Ca/c2*1-2-3-4-5-6-7-8-9-10-11-12-13-14-15-17(20)19-16-18(21)22;/h2*2-16H2,1H3,(H,19,20)(H,21,22);/q;;+2/p-2. The van der Waals surface area contributed by atoms with Crippen LogP contribution in [0.5, 0.6) is 0 Å². The minimum Gasteiger partial charge on any atom is -0.548 e. The van der Waals surface area contributed by atoms with Gasteiger partial charge in [-0.1, -0.05) is 168 Å². The second kappa shape index (κ2) is 41.2. The van der Waals surface area contributed by atoms with E-state index in [1.807, 2.05) is 0 Å². The van der Waals surface area contributed by atoms with Crippen molar-refractivity contribution in [2.75, 3.05) is 13.1 Å². The third kappa shape index (κ3) is 47.7. The molecular weight excluding hydrogens is 596 g/mol. The summed E-state index contributed by atoms with van der Waals surface area (Å²) >= 11 is 0. The molecule has 0 aromatic heterocycles. The van der Waals surface area contributed by atoms with Crippen molar-refractivity contribution in [3.8, 4) is 0 Å². The number of unbranched alkanes of at least 4 members (excludes halogenated alkanes) is 24. The molecule has 0 fully saturated rings. The molecule has 2 N–H and O–H groups in total. The fraction of sp³-hybridized carbons (Fsp3) is 0.889. The monoisotopic (exact) mass is 664 g/mol. The summed E-state index contributed by atoms with van der Waals surface area (Å²) < 4.78 is 0. The number of carboxylic acid groups (broad SMARTS) is 2. The number of hydrogen-bond donors (Lipinski definition) is 2. The molecular formula is C36H68CaN2O6. The van der Waals surface area contributed by atoms with Crippen molar-refractivity contribution in [1.29, 1.82) is 0 Å². The predicted octanol–water partition coefficient (Wildman–Crippen LogP) is 6.29. The largest absolute Gasteiger partial charge is 2.00 e. The third-order valence-electron chi connectivity index (χ3n) is 7.87. The van der Waals surface area contributed by atoms with Crippen molar-refractivity contribution in [3.05, 3.63) is 0 Å². The Morgan fingerprint density at radius 2 is 0.578 bits per heavy atom. The van der Waals surface area contributed by atoms with E-state index in [-0.39, 0.29) is 62.6 Å². The first kappa shape index (κ1) is 48.5. The number of rotatable bonds is 32. The van der Waals surface area contributed by atoms with Gasteiger partial charge in [0.25, 0.3) is 0 Å². The normalized spacial score (nSPS) is 10.4. The van der Waals surface area contributed by atoms with Crippen molar-refractivity contribution in [3.63, 3.8) is 0 Å². The van der Waals surface area contributed by atoms with Gasteiger partial charge in [0.1, 0.15) is 0 Å². The van der Waals surface area contributed by atoms with Crippen LogP contribution in [0.25, 0.3) is 0 Å². The summed E-state index contributed by atoms with van der Waals surface area (Å²) in [7, 11) is 0. The van der Waals surface area contributed by atoms with Gasteiger partial charge >= 0.3 is 37.7 Å². The molecule has 0 saturated carbocycles. The van der Waals surface area contributed by atoms with Gasteiger partial charge in [-0.15, -0.1) is 0 Å². The molecule has 9 heteroatoms.